The van der Waals surface area contributed by atoms with Gasteiger partial charge in [0.05, 0.1) is 11.8 Å². The van der Waals surface area contributed by atoms with Crippen molar-refractivity contribution < 1.29 is 28.0 Å². The van der Waals surface area contributed by atoms with Crippen molar-refractivity contribution in [3.8, 4) is 0 Å². The van der Waals surface area contributed by atoms with Gasteiger partial charge in [-0.05, 0) is 84.4 Å². The van der Waals surface area contributed by atoms with Crippen LogP contribution in [-0.4, -0.2) is 81.0 Å². The molecule has 0 aliphatic heterocycles. The van der Waals surface area contributed by atoms with Crippen LogP contribution in [0.15, 0.2) is 118 Å². The summed E-state index contributed by atoms with van der Waals surface area (Å²) in [4.78, 5) is 59.0. The molecule has 2 N–H and O–H groups in total. The molecule has 6 rings (SSSR count). The smallest absolute Gasteiger partial charge is 0.264 e. The van der Waals surface area contributed by atoms with Gasteiger partial charge in [0.2, 0.25) is 23.4 Å². The molecule has 0 saturated heterocycles. The molecule has 0 saturated carbocycles. The zero-order chi connectivity index (χ0) is 48.4. The third-order valence-electron chi connectivity index (χ3n) is 10.5. The van der Waals surface area contributed by atoms with Crippen LogP contribution in [-0.2, 0) is 21.1 Å². The quantitative estimate of drug-likeness (QED) is 0.0327. The van der Waals surface area contributed by atoms with E-state index in [9.17, 15) is 19.2 Å². The minimum atomic E-state index is -0.102. The molecule has 0 spiro atoms. The number of aromatic nitrogens is 2. The number of benzene rings is 4. The molecule has 6 aromatic rings. The molecule has 10 nitrogen and oxygen atoms in total. The normalized spacial score (nSPS) is 11.4. The Balaban J connectivity index is 0.000000259. The van der Waals surface area contributed by atoms with Crippen LogP contribution in [0.5, 0.6) is 0 Å². The molecule has 0 fully saturated rings. The second kappa shape index (κ2) is 30.9. The van der Waals surface area contributed by atoms with E-state index in [4.69, 9.17) is 8.83 Å². The lowest BCUT2D eigenvalue weighted by atomic mass is 10.1. The fourth-order valence-electron chi connectivity index (χ4n) is 6.81. The number of hydrogen-bond acceptors (Lipinski definition) is 12. The summed E-state index contributed by atoms with van der Waals surface area (Å²) in [5.41, 5.74) is 5.20. The first-order valence-electron chi connectivity index (χ1n) is 23.8. The molecule has 0 unspecified atom stereocenters. The summed E-state index contributed by atoms with van der Waals surface area (Å²) in [6.45, 7) is 9.98. The van der Waals surface area contributed by atoms with Crippen LogP contribution in [0.4, 0.5) is 0 Å². The van der Waals surface area contributed by atoms with Crippen LogP contribution in [0, 0.1) is 23.7 Å². The summed E-state index contributed by atoms with van der Waals surface area (Å²) in [6, 6.07) is 35.4. The van der Waals surface area contributed by atoms with Crippen LogP contribution in [0.25, 0.3) is 22.2 Å². The van der Waals surface area contributed by atoms with Gasteiger partial charge in [-0.3, -0.25) is 19.2 Å². The molecule has 14 heteroatoms. The Kier molecular flexibility index (Phi) is 24.7. The van der Waals surface area contributed by atoms with E-state index in [1.807, 2.05) is 102 Å². The first kappa shape index (κ1) is 54.4. The van der Waals surface area contributed by atoms with Gasteiger partial charge < -0.3 is 19.5 Å². The van der Waals surface area contributed by atoms with Crippen LogP contribution in [0.1, 0.15) is 98.7 Å². The molecule has 0 bridgehead atoms. The van der Waals surface area contributed by atoms with Crippen molar-refractivity contribution in [2.24, 2.45) is 23.7 Å². The number of amides is 2. The summed E-state index contributed by atoms with van der Waals surface area (Å²) in [6.07, 6.45) is 3.61. The van der Waals surface area contributed by atoms with Crippen LogP contribution < -0.4 is 10.6 Å². The fraction of sp³-hybridized carbons (Fsp3) is 0.444. The lowest BCUT2D eigenvalue weighted by molar-refractivity contribution is -0.124. The van der Waals surface area contributed by atoms with E-state index >= 15 is 0 Å². The summed E-state index contributed by atoms with van der Waals surface area (Å²) in [5, 5.41) is 6.18. The highest BCUT2D eigenvalue weighted by molar-refractivity contribution is 8.00. The molecular weight excluding hydrogens is 929 g/mol. The Morgan fingerprint density at radius 3 is 1.22 bits per heavy atom. The second-order valence-electron chi connectivity index (χ2n) is 17.6. The van der Waals surface area contributed by atoms with Crippen LogP contribution in [0.3, 0.4) is 0 Å². The average Bonchev–Trinajstić information content (AvgIpc) is 3.99. The Bertz CT molecular complexity index is 2280. The lowest BCUT2D eigenvalue weighted by Crippen LogP contribution is -2.34. The monoisotopic (exact) mass is 996 g/mol. The number of nitrogens with one attached hydrogen (secondary N) is 2. The van der Waals surface area contributed by atoms with Gasteiger partial charge in [0.15, 0.2) is 11.2 Å². The number of thioether (sulfide) groups is 4. The molecule has 68 heavy (non-hydrogen) atoms. The maximum absolute atomic E-state index is 13.0. The molecular formula is C54H68N4O6S4. The summed E-state index contributed by atoms with van der Waals surface area (Å²) in [5.74, 6) is 8.85. The largest absolute Gasteiger partial charge is 0.434 e. The first-order chi connectivity index (χ1) is 33.0. The Morgan fingerprint density at radius 1 is 0.471 bits per heavy atom. The standard InChI is InChI=1S/C30H32N2O3S2.C24H36N2O3S2/c33-27(30-32-26-15-7-8-17-28(26)35-30)16-9-10-18-31-29(34)25(21-36-19-23-11-3-1-4-12-23)22-37-20-24-13-5-2-6-14-24;1-17(2)13-30-15-19(16-31-14-18(3)4)23(28)25-12-8-7-10-21(27)24-26-20-9-5-6-11-22(20)29-24/h1-8,11-15,17,25H,9-10,16,18-22H2,(H,31,34);5-6,9,11,17-19H,7-8,10,12-16H2,1-4H3,(H,25,28). The van der Waals surface area contributed by atoms with E-state index in [2.05, 4.69) is 72.6 Å². The van der Waals surface area contributed by atoms with Gasteiger partial charge in [-0.15, -0.1) is 0 Å². The Morgan fingerprint density at radius 2 is 0.838 bits per heavy atom. The Labute approximate surface area is 419 Å². The molecule has 0 aliphatic rings. The number of carbonyl (C=O) groups is 4. The maximum atomic E-state index is 13.0. The van der Waals surface area contributed by atoms with E-state index in [1.54, 1.807) is 29.6 Å². The maximum Gasteiger partial charge on any atom is 0.264 e. The van der Waals surface area contributed by atoms with Crippen molar-refractivity contribution in [1.82, 2.24) is 20.6 Å². The predicted molar refractivity (Wildman–Crippen MR) is 287 cm³/mol. The molecule has 4 aromatic carbocycles. The summed E-state index contributed by atoms with van der Waals surface area (Å²) in [7, 11) is 0. The van der Waals surface area contributed by atoms with Crippen LogP contribution >= 0.6 is 47.0 Å². The molecule has 364 valence electrons. The average molecular weight is 997 g/mol. The zero-order valence-electron chi connectivity index (χ0n) is 40.0. The molecule has 0 aliphatic carbocycles. The number of fused-ring (bicyclic) bond motifs is 2. The van der Waals surface area contributed by atoms with E-state index in [-0.39, 0.29) is 47.0 Å². The second-order valence-corrected chi connectivity index (χ2v) is 21.8. The summed E-state index contributed by atoms with van der Waals surface area (Å²) >= 11 is 7.33. The third kappa shape index (κ3) is 20.2. The van der Waals surface area contributed by atoms with Crippen molar-refractivity contribution >= 4 is 92.6 Å². The number of unbranched alkanes of at least 4 members (excludes halogenated alkanes) is 2. The molecule has 0 radical (unpaired) electrons. The van der Waals surface area contributed by atoms with Crippen molar-refractivity contribution in [1.29, 1.82) is 0 Å². The van der Waals surface area contributed by atoms with Crippen molar-refractivity contribution in [3.63, 3.8) is 0 Å². The van der Waals surface area contributed by atoms with Crippen molar-refractivity contribution in [3.05, 3.63) is 132 Å². The van der Waals surface area contributed by atoms with Crippen molar-refractivity contribution in [2.75, 3.05) is 47.6 Å². The minimum Gasteiger partial charge on any atom is -0.434 e. The highest BCUT2D eigenvalue weighted by atomic mass is 32.2. The van der Waals surface area contributed by atoms with E-state index < -0.39 is 0 Å². The highest BCUT2D eigenvalue weighted by Crippen LogP contribution is 2.23. The molecule has 2 aromatic heterocycles. The van der Waals surface area contributed by atoms with Gasteiger partial charge in [0, 0.05) is 60.4 Å². The van der Waals surface area contributed by atoms with E-state index in [1.165, 1.54) is 11.1 Å². The van der Waals surface area contributed by atoms with Gasteiger partial charge in [-0.2, -0.15) is 47.0 Å². The molecule has 0 atom stereocenters. The number of carbonyl (C=O) groups excluding carboxylic acids is 4. The number of Topliss-reactive ketones (excluding diaryl/α,β-unsaturated/α-hetero) is 2. The number of hydrogen-bond donors (Lipinski definition) is 2. The Hall–Kier alpha value is -4.50. The van der Waals surface area contributed by atoms with E-state index in [0.717, 1.165) is 58.9 Å². The minimum absolute atomic E-state index is 0.0360. The summed E-state index contributed by atoms with van der Waals surface area (Å²) < 4.78 is 11.1. The van der Waals surface area contributed by atoms with E-state index in [0.29, 0.717) is 72.8 Å². The third-order valence-corrected chi connectivity index (χ3v) is 15.9. The number of oxazole rings is 2. The lowest BCUT2D eigenvalue weighted by Gasteiger charge is -2.17. The number of nitrogens with zero attached hydrogens (tertiary/aromatic N) is 2. The first-order valence-corrected chi connectivity index (χ1v) is 28.4. The number of rotatable bonds is 30. The molecule has 2 amide bonds. The van der Waals surface area contributed by atoms with Gasteiger partial charge in [0.25, 0.3) is 11.8 Å². The van der Waals surface area contributed by atoms with Crippen LogP contribution in [0.2, 0.25) is 0 Å². The zero-order valence-corrected chi connectivity index (χ0v) is 43.3. The van der Waals surface area contributed by atoms with Gasteiger partial charge in [-0.25, -0.2) is 9.97 Å². The van der Waals surface area contributed by atoms with Crippen molar-refractivity contribution in [2.45, 2.75) is 77.7 Å². The fourth-order valence-corrected chi connectivity index (χ4v) is 11.6. The molecule has 2 heterocycles. The number of para-hydroxylation sites is 4. The number of ketones is 2. The highest BCUT2D eigenvalue weighted by Gasteiger charge is 2.21. The van der Waals surface area contributed by atoms with Gasteiger partial charge in [-0.1, -0.05) is 113 Å². The predicted octanol–water partition coefficient (Wildman–Crippen LogP) is 12.5. The topological polar surface area (TPSA) is 144 Å². The SMILES string of the molecule is CC(C)CSCC(CSCC(C)C)C(=O)NCCCCC(=O)c1nc2ccccc2o1.O=C(CCCCNC(=O)C(CSCc1ccccc1)CSCc1ccccc1)c1nc2ccccc2o1. The van der Waals surface area contributed by atoms with Gasteiger partial charge in [0.1, 0.15) is 11.0 Å². The van der Waals surface area contributed by atoms with Gasteiger partial charge >= 0.3 is 0 Å².